The Morgan fingerprint density at radius 1 is 1.20 bits per heavy atom. The molecule has 2 aliphatic rings. The van der Waals surface area contributed by atoms with Crippen molar-refractivity contribution in [3.8, 4) is 0 Å². The predicted octanol–water partition coefficient (Wildman–Crippen LogP) is 4.15. The Kier molecular flexibility index (Phi) is 4.55. The number of hydrogen-bond donors (Lipinski definition) is 2. The third kappa shape index (κ3) is 2.98. The predicted molar refractivity (Wildman–Crippen MR) is 114 cm³/mol. The SMILES string of the molecule is CN1N=C(F)C2(CCCCC2)n2c1cc1cnc(Nc3ccc(S(=O)O)cc3)nc12. The fourth-order valence-electron chi connectivity index (χ4n) is 4.41. The average molecular weight is 428 g/mol. The summed E-state index contributed by atoms with van der Waals surface area (Å²) < 4.78 is 37.5. The van der Waals surface area contributed by atoms with E-state index in [0.29, 0.717) is 35.0 Å². The molecule has 1 fully saturated rings. The van der Waals surface area contributed by atoms with Crippen LogP contribution in [0.1, 0.15) is 32.1 Å². The van der Waals surface area contributed by atoms with Crippen molar-refractivity contribution in [2.45, 2.75) is 42.5 Å². The van der Waals surface area contributed by atoms with E-state index in [1.165, 1.54) is 0 Å². The van der Waals surface area contributed by atoms with Gasteiger partial charge in [0, 0.05) is 24.3 Å². The van der Waals surface area contributed by atoms with E-state index in [1.54, 1.807) is 42.5 Å². The maximum absolute atomic E-state index is 15.2. The minimum Gasteiger partial charge on any atom is -0.324 e. The van der Waals surface area contributed by atoms with E-state index in [1.807, 2.05) is 10.6 Å². The largest absolute Gasteiger partial charge is 0.324 e. The summed E-state index contributed by atoms with van der Waals surface area (Å²) in [5, 5.41) is 9.66. The van der Waals surface area contributed by atoms with Crippen LogP contribution in [0.3, 0.4) is 0 Å². The lowest BCUT2D eigenvalue weighted by Gasteiger charge is -2.41. The van der Waals surface area contributed by atoms with E-state index in [4.69, 9.17) is 9.54 Å². The Hall–Kier alpha value is -2.85. The molecular weight excluding hydrogens is 407 g/mol. The van der Waals surface area contributed by atoms with Gasteiger partial charge < -0.3 is 9.87 Å². The Morgan fingerprint density at radius 2 is 1.93 bits per heavy atom. The van der Waals surface area contributed by atoms with Crippen LogP contribution in [-0.4, -0.2) is 36.3 Å². The van der Waals surface area contributed by atoms with Gasteiger partial charge in [-0.1, -0.05) is 19.3 Å². The highest BCUT2D eigenvalue weighted by molar-refractivity contribution is 7.79. The van der Waals surface area contributed by atoms with Crippen LogP contribution in [0.4, 0.5) is 21.8 Å². The Bertz CT molecular complexity index is 1170. The van der Waals surface area contributed by atoms with Crippen molar-refractivity contribution in [3.63, 3.8) is 0 Å². The molecule has 30 heavy (non-hydrogen) atoms. The number of anilines is 3. The molecule has 0 amide bonds. The summed E-state index contributed by atoms with van der Waals surface area (Å²) in [5.74, 6) is 0.808. The molecule has 3 heterocycles. The first-order chi connectivity index (χ1) is 14.5. The van der Waals surface area contributed by atoms with E-state index in [0.717, 1.165) is 30.5 Å². The number of rotatable bonds is 3. The summed E-state index contributed by atoms with van der Waals surface area (Å²) >= 11 is -2.03. The van der Waals surface area contributed by atoms with E-state index in [2.05, 4.69) is 15.4 Å². The fourth-order valence-corrected chi connectivity index (χ4v) is 4.78. The first-order valence-corrected chi connectivity index (χ1v) is 10.9. The second-order valence-corrected chi connectivity index (χ2v) is 8.69. The number of halogens is 1. The third-order valence-electron chi connectivity index (χ3n) is 5.90. The minimum atomic E-state index is -2.03. The molecule has 0 radical (unpaired) electrons. The summed E-state index contributed by atoms with van der Waals surface area (Å²) in [4.78, 5) is 9.40. The quantitative estimate of drug-likeness (QED) is 0.609. The number of hydrazone groups is 1. The van der Waals surface area contributed by atoms with Crippen LogP contribution in [-0.2, 0) is 16.6 Å². The van der Waals surface area contributed by atoms with Gasteiger partial charge in [0.2, 0.25) is 11.9 Å². The Morgan fingerprint density at radius 3 is 2.63 bits per heavy atom. The van der Waals surface area contributed by atoms with Crippen molar-refractivity contribution in [2.24, 2.45) is 5.10 Å². The van der Waals surface area contributed by atoms with Crippen LogP contribution >= 0.6 is 0 Å². The zero-order chi connectivity index (χ0) is 20.9. The molecule has 1 unspecified atom stereocenters. The molecule has 1 atom stereocenters. The smallest absolute Gasteiger partial charge is 0.233 e. The molecule has 1 aliphatic carbocycles. The second kappa shape index (κ2) is 7.13. The van der Waals surface area contributed by atoms with Crippen LogP contribution in [0, 0.1) is 0 Å². The van der Waals surface area contributed by atoms with Crippen LogP contribution in [0.5, 0.6) is 0 Å². The first kappa shape index (κ1) is 19.1. The molecule has 1 aromatic carbocycles. The molecule has 10 heteroatoms. The van der Waals surface area contributed by atoms with Crippen molar-refractivity contribution >= 4 is 45.5 Å². The van der Waals surface area contributed by atoms with Crippen molar-refractivity contribution in [3.05, 3.63) is 36.5 Å². The van der Waals surface area contributed by atoms with Gasteiger partial charge in [0.25, 0.3) is 0 Å². The molecule has 8 nitrogen and oxygen atoms in total. The third-order valence-corrected chi connectivity index (χ3v) is 6.57. The van der Waals surface area contributed by atoms with Crippen LogP contribution in [0.25, 0.3) is 11.0 Å². The number of aromatic nitrogens is 3. The first-order valence-electron chi connectivity index (χ1n) is 9.83. The topological polar surface area (TPSA) is 95.6 Å². The molecule has 3 aromatic rings. The lowest BCUT2D eigenvalue weighted by Crippen LogP contribution is -2.46. The zero-order valence-electron chi connectivity index (χ0n) is 16.4. The molecule has 0 saturated heterocycles. The van der Waals surface area contributed by atoms with Gasteiger partial charge in [-0.15, -0.1) is 5.10 Å². The highest BCUT2D eigenvalue weighted by Gasteiger charge is 2.45. The highest BCUT2D eigenvalue weighted by atomic mass is 32.2. The summed E-state index contributed by atoms with van der Waals surface area (Å²) in [6.45, 7) is 0. The summed E-state index contributed by atoms with van der Waals surface area (Å²) in [6, 6.07) is 8.44. The van der Waals surface area contributed by atoms with Crippen LogP contribution in [0.2, 0.25) is 0 Å². The van der Waals surface area contributed by atoms with E-state index >= 15 is 4.39 Å². The Labute approximate surface area is 175 Å². The van der Waals surface area contributed by atoms with Crippen LogP contribution < -0.4 is 10.3 Å². The van der Waals surface area contributed by atoms with E-state index in [-0.39, 0.29) is 5.97 Å². The number of nitrogens with zero attached hydrogens (tertiary/aromatic N) is 5. The van der Waals surface area contributed by atoms with Gasteiger partial charge in [0.05, 0.1) is 4.90 Å². The maximum Gasteiger partial charge on any atom is 0.233 e. The normalized spacial score (nSPS) is 18.9. The fraction of sp³-hybridized carbons (Fsp3) is 0.350. The van der Waals surface area contributed by atoms with Crippen molar-refractivity contribution < 1.29 is 13.2 Å². The molecule has 0 bridgehead atoms. The van der Waals surface area contributed by atoms with E-state index < -0.39 is 16.6 Å². The van der Waals surface area contributed by atoms with Gasteiger partial charge >= 0.3 is 0 Å². The van der Waals surface area contributed by atoms with Gasteiger partial charge in [-0.25, -0.2) is 14.2 Å². The van der Waals surface area contributed by atoms with Crippen LogP contribution in [0.15, 0.2) is 46.5 Å². The molecular formula is C20H21FN6O2S. The lowest BCUT2D eigenvalue weighted by atomic mass is 9.81. The Balaban J connectivity index is 1.58. The summed E-state index contributed by atoms with van der Waals surface area (Å²) in [7, 11) is 1.74. The molecule has 156 valence electrons. The highest BCUT2D eigenvalue weighted by Crippen LogP contribution is 2.45. The zero-order valence-corrected chi connectivity index (χ0v) is 17.2. The maximum atomic E-state index is 15.2. The number of benzene rings is 1. The molecule has 5 rings (SSSR count). The average Bonchev–Trinajstić information content (AvgIpc) is 3.14. The number of nitrogens with one attached hydrogen (secondary N) is 1. The molecule has 2 aromatic heterocycles. The van der Waals surface area contributed by atoms with E-state index in [9.17, 15) is 4.21 Å². The number of hydrogen-bond acceptors (Lipinski definition) is 6. The van der Waals surface area contributed by atoms with Crippen molar-refractivity contribution in [1.29, 1.82) is 0 Å². The summed E-state index contributed by atoms with van der Waals surface area (Å²) in [5.41, 5.74) is 0.556. The second-order valence-electron chi connectivity index (χ2n) is 7.72. The van der Waals surface area contributed by atoms with Gasteiger partial charge in [0.15, 0.2) is 11.1 Å². The summed E-state index contributed by atoms with van der Waals surface area (Å²) in [6.07, 6.45) is 6.09. The van der Waals surface area contributed by atoms with Gasteiger partial charge in [-0.2, -0.15) is 9.37 Å². The monoisotopic (exact) mass is 428 g/mol. The molecule has 1 spiro atoms. The van der Waals surface area contributed by atoms with Crippen molar-refractivity contribution in [1.82, 2.24) is 14.5 Å². The van der Waals surface area contributed by atoms with Gasteiger partial charge in [-0.05, 0) is 43.2 Å². The van der Waals surface area contributed by atoms with Crippen molar-refractivity contribution in [2.75, 3.05) is 17.4 Å². The molecule has 1 saturated carbocycles. The number of fused-ring (bicyclic) bond motifs is 4. The lowest BCUT2D eigenvalue weighted by molar-refractivity contribution is 0.263. The standard InChI is InChI=1S/C20H21FN6O2S/c1-26-16-11-13-12-22-19(23-14-5-7-15(8-6-14)30(28)29)24-17(13)27(16)20(18(21)25-26)9-3-2-4-10-20/h5-8,11-12H,2-4,9-10H2,1H3,(H,28,29)(H,22,23,24). The minimum absolute atomic E-state index is 0.314. The van der Waals surface area contributed by atoms with Gasteiger partial charge in [-0.3, -0.25) is 4.57 Å². The molecule has 2 N–H and O–H groups in total. The van der Waals surface area contributed by atoms with Gasteiger partial charge in [0.1, 0.15) is 17.0 Å². The molecule has 1 aliphatic heterocycles.